The molecule has 4 heavy (non-hydrogen) atoms. The van der Waals surface area contributed by atoms with Crippen molar-refractivity contribution in [2.24, 2.45) is 0 Å². The van der Waals surface area contributed by atoms with Crippen LogP contribution in [0.25, 0.3) is 0 Å². The molecule has 1 atom stereocenters. The Hall–Kier alpha value is 2.22. The zero-order valence-corrected chi connectivity index (χ0v) is 7.55. The van der Waals surface area contributed by atoms with Gasteiger partial charge in [0.25, 0.3) is 0 Å². The van der Waals surface area contributed by atoms with Gasteiger partial charge in [0.15, 0.2) is 0 Å². The van der Waals surface area contributed by atoms with E-state index in [1.165, 1.54) is 0 Å². The second-order valence-corrected chi connectivity index (χ2v) is 0. The van der Waals surface area contributed by atoms with Gasteiger partial charge in [-0.3, -0.25) is 0 Å². The predicted molar refractivity (Wildman–Crippen MR) is 9.71 cm³/mol. The van der Waals surface area contributed by atoms with Crippen molar-refractivity contribution in [2.45, 2.75) is 0 Å². The molecule has 0 saturated carbocycles. The van der Waals surface area contributed by atoms with Crippen LogP contribution in [-0.4, -0.2) is 0 Å². The fourth-order valence-electron chi connectivity index (χ4n) is 0. The molecule has 1 unspecified atom stereocenters. The molecule has 0 saturated heterocycles. The van der Waals surface area contributed by atoms with Crippen LogP contribution in [0.2, 0.25) is 0 Å². The molecule has 0 aromatic rings. The summed E-state index contributed by atoms with van der Waals surface area (Å²) in [7, 11) is 2.43. The molecule has 0 nitrogen and oxygen atoms in total. The molecule has 0 N–H and O–H groups in total. The predicted octanol–water partition coefficient (Wildman–Crippen LogP) is 0.318. The quantitative estimate of drug-likeness (QED) is 0.419. The Kier molecular flexibility index (Phi) is 77.0. The van der Waals surface area contributed by atoms with Crippen molar-refractivity contribution < 1.29 is 54.9 Å². The molecule has 0 rings (SSSR count). The Morgan fingerprint density at radius 3 is 1.25 bits per heavy atom. The van der Waals surface area contributed by atoms with E-state index in [1.54, 1.807) is 0 Å². The smallest absolute Gasteiger partial charge is 0 e. The Balaban J connectivity index is -0.00000000500. The molecule has 2 radical (unpaired) electrons. The van der Waals surface area contributed by atoms with Crippen molar-refractivity contribution in [3.63, 3.8) is 0 Å². The van der Waals surface area contributed by atoms with Crippen molar-refractivity contribution in [3.05, 3.63) is 0 Å². The molecule has 0 amide bonds. The van der Waals surface area contributed by atoms with Gasteiger partial charge in [-0.1, -0.05) is 0 Å². The van der Waals surface area contributed by atoms with E-state index in [9.17, 15) is 0 Å². The van der Waals surface area contributed by atoms with Gasteiger partial charge in [0.05, 0.1) is 0 Å². The van der Waals surface area contributed by atoms with E-state index in [-0.39, 0.29) is 35.6 Å². The molecule has 0 aliphatic carbocycles. The largest absolute Gasteiger partial charge is 0 e. The van der Waals surface area contributed by atoms with E-state index < -0.39 is 0 Å². The van der Waals surface area contributed by atoms with Gasteiger partial charge in [0.1, 0.15) is 0 Å². The van der Waals surface area contributed by atoms with Gasteiger partial charge < -0.3 is 0 Å². The minimum Gasteiger partial charge on any atom is 0 e. The zero-order chi connectivity index (χ0) is 2.00. The summed E-state index contributed by atoms with van der Waals surface area (Å²) in [5.41, 5.74) is 0. The maximum atomic E-state index is 2.43. The summed E-state index contributed by atoms with van der Waals surface area (Å²) in [5.74, 6) is 0. The fourth-order valence-corrected chi connectivity index (χ4v) is 0. The van der Waals surface area contributed by atoms with Gasteiger partial charge in [-0.15, -0.1) is 0 Å². The van der Waals surface area contributed by atoms with Crippen LogP contribution in [0.4, 0.5) is 0 Å². The van der Waals surface area contributed by atoms with Gasteiger partial charge in [-0.25, -0.2) is 0 Å². The number of hydrogen-bond donors (Lipinski definition) is 0. The van der Waals surface area contributed by atoms with Crippen LogP contribution in [0.15, 0.2) is 0 Å². The zero-order valence-electron chi connectivity index (χ0n) is 1.81. The van der Waals surface area contributed by atoms with Crippen LogP contribution in [0.5, 0.6) is 0 Å². The molecule has 0 heterocycles. The standard InChI is InChI=1S/Mn.Mo.H2P.V/h;;1H2;/q;+1;-1;. The topological polar surface area (TPSA) is 0 Å². The average molecular weight is 235 g/mol. The Morgan fingerprint density at radius 2 is 1.25 bits per heavy atom. The first-order valence-electron chi connectivity index (χ1n) is 0.236. The van der Waals surface area contributed by atoms with Gasteiger partial charge in [-0.2, -0.15) is 0 Å². The second kappa shape index (κ2) is 18.9. The first-order chi connectivity index (χ1) is 1.00. The van der Waals surface area contributed by atoms with Crippen LogP contribution < -0.4 is 0 Å². The summed E-state index contributed by atoms with van der Waals surface area (Å²) >= 11 is 1.87. The summed E-state index contributed by atoms with van der Waals surface area (Å²) in [6.45, 7) is 0. The minimum atomic E-state index is 0. The molecule has 0 bridgehead atoms. The molecular weight excluding hydrogens is 233 g/mol. The normalized spacial score (nSPS) is 1.25. The molecule has 0 spiro atoms. The maximum Gasteiger partial charge on any atom is 0 e. The van der Waals surface area contributed by atoms with Gasteiger partial charge in [0, 0.05) is 35.6 Å². The SMILES string of the molecule is [Mn].[PH2][Mo].[V]. The average Bonchev–Trinajstić information content (AvgIpc) is 1.00. The first kappa shape index (κ1) is 16.3. The maximum absolute atomic E-state index is 2.43. The van der Waals surface area contributed by atoms with Crippen molar-refractivity contribution in [1.82, 2.24) is 0 Å². The van der Waals surface area contributed by atoms with Gasteiger partial charge >= 0.3 is 26.6 Å². The number of rotatable bonds is 0. The third kappa shape index (κ3) is 8.88. The van der Waals surface area contributed by atoms with Crippen molar-refractivity contribution >= 4 is 7.33 Å². The van der Waals surface area contributed by atoms with Crippen molar-refractivity contribution in [2.75, 3.05) is 0 Å². The van der Waals surface area contributed by atoms with Crippen LogP contribution in [0.1, 0.15) is 0 Å². The Bertz CT molecular complexity index is 8.00. The monoisotopic (exact) mass is 237 g/mol. The van der Waals surface area contributed by atoms with E-state index in [0.29, 0.717) is 0 Å². The molecular formula is H2MnMoPV. The molecule has 0 aliphatic heterocycles. The van der Waals surface area contributed by atoms with E-state index in [1.807, 2.05) is 19.3 Å². The van der Waals surface area contributed by atoms with Crippen molar-refractivity contribution in [1.29, 1.82) is 0 Å². The van der Waals surface area contributed by atoms with Crippen LogP contribution in [0, 0.1) is 0 Å². The van der Waals surface area contributed by atoms with E-state index in [2.05, 4.69) is 7.33 Å². The van der Waals surface area contributed by atoms with Gasteiger partial charge in [-0.05, 0) is 0 Å². The third-order valence-corrected chi connectivity index (χ3v) is 0. The Morgan fingerprint density at radius 1 is 1.25 bits per heavy atom. The number of hydrogen-bond acceptors (Lipinski definition) is 0. The summed E-state index contributed by atoms with van der Waals surface area (Å²) < 4.78 is 0. The van der Waals surface area contributed by atoms with Gasteiger partial charge in [0.2, 0.25) is 0 Å². The molecule has 0 aliphatic rings. The molecule has 0 fully saturated rings. The first-order valence-corrected chi connectivity index (χ1v) is 4.18. The van der Waals surface area contributed by atoms with Crippen LogP contribution in [0.3, 0.4) is 0 Å². The second-order valence-electron chi connectivity index (χ2n) is 0. The third-order valence-electron chi connectivity index (χ3n) is 0. The molecule has 4 heteroatoms. The molecule has 0 aromatic heterocycles. The van der Waals surface area contributed by atoms with Crippen molar-refractivity contribution in [3.8, 4) is 0 Å². The summed E-state index contributed by atoms with van der Waals surface area (Å²) in [5, 5.41) is 0. The Labute approximate surface area is 61.8 Å². The molecule has 25 valence electrons. The van der Waals surface area contributed by atoms with E-state index in [4.69, 9.17) is 0 Å². The van der Waals surface area contributed by atoms with Crippen LogP contribution in [-0.2, 0) is 54.9 Å². The van der Waals surface area contributed by atoms with Crippen LogP contribution >= 0.6 is 7.33 Å². The minimum absolute atomic E-state index is 0. The molecule has 0 aromatic carbocycles. The fraction of sp³-hybridized carbons (Fsp3) is 0. The summed E-state index contributed by atoms with van der Waals surface area (Å²) in [4.78, 5) is 0. The van der Waals surface area contributed by atoms with E-state index in [0.717, 1.165) is 0 Å². The summed E-state index contributed by atoms with van der Waals surface area (Å²) in [6, 6.07) is 0. The summed E-state index contributed by atoms with van der Waals surface area (Å²) in [6.07, 6.45) is 0. The van der Waals surface area contributed by atoms with E-state index >= 15 is 0 Å².